The fourth-order valence-corrected chi connectivity index (χ4v) is 2.66. The van der Waals surface area contributed by atoms with Gasteiger partial charge < -0.3 is 10.1 Å². The molecule has 0 fully saturated rings. The summed E-state index contributed by atoms with van der Waals surface area (Å²) in [5, 5.41) is 2.77. The van der Waals surface area contributed by atoms with Crippen LogP contribution in [0.3, 0.4) is 0 Å². The van der Waals surface area contributed by atoms with Gasteiger partial charge in [-0.05, 0) is 55.0 Å². The van der Waals surface area contributed by atoms with Gasteiger partial charge in [-0.3, -0.25) is 9.78 Å². The van der Waals surface area contributed by atoms with E-state index in [1.807, 2.05) is 12.1 Å². The number of carbonyl (C=O) groups excluding carboxylic acids is 1. The van der Waals surface area contributed by atoms with Crippen LogP contribution in [0.5, 0.6) is 5.75 Å². The number of pyridine rings is 1. The van der Waals surface area contributed by atoms with Crippen LogP contribution in [-0.2, 0) is 17.6 Å². The Balaban J connectivity index is 1.61. The Morgan fingerprint density at radius 2 is 2.10 bits per heavy atom. The van der Waals surface area contributed by atoms with Gasteiger partial charge in [-0.1, -0.05) is 12.1 Å². The topological polar surface area (TPSA) is 51.2 Å². The lowest BCUT2D eigenvalue weighted by Crippen LogP contribution is -2.21. The van der Waals surface area contributed by atoms with Gasteiger partial charge in [0.15, 0.2) is 6.61 Å². The summed E-state index contributed by atoms with van der Waals surface area (Å²) in [7, 11) is 0. The predicted octanol–water partition coefficient (Wildman–Crippen LogP) is 2.98. The van der Waals surface area contributed by atoms with Crippen LogP contribution < -0.4 is 10.1 Å². The third kappa shape index (κ3) is 3.40. The monoisotopic (exact) mass is 282 g/mol. The minimum atomic E-state index is -0.170. The predicted molar refractivity (Wildman–Crippen MR) is 81.4 cm³/mol. The smallest absolute Gasteiger partial charge is 0.262 e. The average Bonchev–Trinajstić information content (AvgIpc) is 2.54. The molecule has 108 valence electrons. The molecule has 3 rings (SSSR count). The average molecular weight is 282 g/mol. The van der Waals surface area contributed by atoms with E-state index >= 15 is 0 Å². The summed E-state index contributed by atoms with van der Waals surface area (Å²) in [6, 6.07) is 9.68. The Labute approximate surface area is 124 Å². The Morgan fingerprint density at radius 1 is 1.19 bits per heavy atom. The first-order chi connectivity index (χ1) is 10.3. The zero-order valence-electron chi connectivity index (χ0n) is 11.8. The molecular formula is C17H18N2O2. The standard InChI is InChI=1S/C17H18N2O2/c20-17(19-14-7-4-10-18-11-14)12-21-16-9-3-6-13-5-1-2-8-15(13)16/h3-4,6-7,9-11H,1-2,5,8,12H2,(H,19,20). The fraction of sp³-hybridized carbons (Fsp3) is 0.294. The van der Waals surface area contributed by atoms with E-state index in [0.29, 0.717) is 5.69 Å². The van der Waals surface area contributed by atoms with Crippen molar-refractivity contribution in [3.63, 3.8) is 0 Å². The second-order valence-electron chi connectivity index (χ2n) is 5.18. The molecule has 1 aliphatic carbocycles. The number of aromatic nitrogens is 1. The van der Waals surface area contributed by atoms with E-state index in [1.165, 1.54) is 24.0 Å². The van der Waals surface area contributed by atoms with Crippen molar-refractivity contribution < 1.29 is 9.53 Å². The quantitative estimate of drug-likeness (QED) is 0.938. The second kappa shape index (κ2) is 6.39. The summed E-state index contributed by atoms with van der Waals surface area (Å²) in [5.74, 6) is 0.671. The van der Waals surface area contributed by atoms with Crippen LogP contribution in [0.15, 0.2) is 42.7 Å². The van der Waals surface area contributed by atoms with Crippen molar-refractivity contribution in [3.8, 4) is 5.75 Å². The molecule has 0 atom stereocenters. The van der Waals surface area contributed by atoms with E-state index in [-0.39, 0.29) is 12.5 Å². The maximum absolute atomic E-state index is 11.9. The number of hydrogen-bond donors (Lipinski definition) is 1. The lowest BCUT2D eigenvalue weighted by molar-refractivity contribution is -0.118. The third-order valence-electron chi connectivity index (χ3n) is 3.66. The molecule has 0 radical (unpaired) electrons. The highest BCUT2D eigenvalue weighted by Gasteiger charge is 2.14. The minimum absolute atomic E-state index is 0.0192. The van der Waals surface area contributed by atoms with Crippen LogP contribution in [0.2, 0.25) is 0 Å². The molecule has 1 N–H and O–H groups in total. The first kappa shape index (κ1) is 13.6. The molecule has 0 spiro atoms. The van der Waals surface area contributed by atoms with Crippen LogP contribution in [0.4, 0.5) is 5.69 Å². The van der Waals surface area contributed by atoms with E-state index in [1.54, 1.807) is 24.5 Å². The lowest BCUT2D eigenvalue weighted by atomic mass is 9.91. The minimum Gasteiger partial charge on any atom is -0.483 e. The number of fused-ring (bicyclic) bond motifs is 1. The van der Waals surface area contributed by atoms with Gasteiger partial charge in [0.1, 0.15) is 5.75 Å². The van der Waals surface area contributed by atoms with E-state index < -0.39 is 0 Å². The first-order valence-corrected chi connectivity index (χ1v) is 7.26. The number of anilines is 1. The van der Waals surface area contributed by atoms with Crippen LogP contribution in [0, 0.1) is 0 Å². The zero-order chi connectivity index (χ0) is 14.5. The van der Waals surface area contributed by atoms with Crippen molar-refractivity contribution in [3.05, 3.63) is 53.9 Å². The summed E-state index contributed by atoms with van der Waals surface area (Å²) in [6.07, 6.45) is 7.85. The summed E-state index contributed by atoms with van der Waals surface area (Å²) in [6.45, 7) is 0.0192. The molecule has 1 aromatic carbocycles. The Bertz CT molecular complexity index is 626. The molecule has 0 unspecified atom stereocenters. The third-order valence-corrected chi connectivity index (χ3v) is 3.66. The summed E-state index contributed by atoms with van der Waals surface area (Å²) < 4.78 is 5.71. The van der Waals surface area contributed by atoms with E-state index in [9.17, 15) is 4.79 Å². The molecule has 1 heterocycles. The normalized spacial score (nSPS) is 13.3. The van der Waals surface area contributed by atoms with Crippen LogP contribution in [0.25, 0.3) is 0 Å². The van der Waals surface area contributed by atoms with Crippen molar-refractivity contribution in [1.82, 2.24) is 4.98 Å². The number of nitrogens with zero attached hydrogens (tertiary/aromatic N) is 1. The Hall–Kier alpha value is -2.36. The highest BCUT2D eigenvalue weighted by molar-refractivity contribution is 5.91. The molecular weight excluding hydrogens is 264 g/mol. The maximum atomic E-state index is 11.9. The van der Waals surface area contributed by atoms with Gasteiger partial charge in [-0.25, -0.2) is 0 Å². The van der Waals surface area contributed by atoms with Crippen LogP contribution in [-0.4, -0.2) is 17.5 Å². The molecule has 4 nitrogen and oxygen atoms in total. The van der Waals surface area contributed by atoms with Gasteiger partial charge in [0.2, 0.25) is 0 Å². The Kier molecular flexibility index (Phi) is 4.15. The van der Waals surface area contributed by atoms with Gasteiger partial charge in [0.05, 0.1) is 11.9 Å². The number of hydrogen-bond acceptors (Lipinski definition) is 3. The number of nitrogens with one attached hydrogen (secondary N) is 1. The van der Waals surface area contributed by atoms with E-state index in [2.05, 4.69) is 16.4 Å². The number of carbonyl (C=O) groups is 1. The highest BCUT2D eigenvalue weighted by Crippen LogP contribution is 2.29. The van der Waals surface area contributed by atoms with Crippen LogP contribution >= 0.6 is 0 Å². The van der Waals surface area contributed by atoms with Crippen molar-refractivity contribution in [2.24, 2.45) is 0 Å². The molecule has 0 saturated carbocycles. The number of aryl methyl sites for hydroxylation is 1. The van der Waals surface area contributed by atoms with Crippen molar-refractivity contribution in [2.75, 3.05) is 11.9 Å². The number of benzene rings is 1. The fourth-order valence-electron chi connectivity index (χ4n) is 2.66. The van der Waals surface area contributed by atoms with Gasteiger partial charge in [-0.2, -0.15) is 0 Å². The number of ether oxygens (including phenoxy) is 1. The van der Waals surface area contributed by atoms with Gasteiger partial charge in [-0.15, -0.1) is 0 Å². The van der Waals surface area contributed by atoms with Gasteiger partial charge >= 0.3 is 0 Å². The summed E-state index contributed by atoms with van der Waals surface area (Å²) in [5.41, 5.74) is 3.30. The molecule has 1 aromatic heterocycles. The van der Waals surface area contributed by atoms with Crippen molar-refractivity contribution >= 4 is 11.6 Å². The van der Waals surface area contributed by atoms with E-state index in [0.717, 1.165) is 18.6 Å². The van der Waals surface area contributed by atoms with Crippen LogP contribution in [0.1, 0.15) is 24.0 Å². The zero-order valence-corrected chi connectivity index (χ0v) is 11.8. The summed E-state index contributed by atoms with van der Waals surface area (Å²) >= 11 is 0. The first-order valence-electron chi connectivity index (χ1n) is 7.26. The molecule has 0 saturated heterocycles. The second-order valence-corrected chi connectivity index (χ2v) is 5.18. The molecule has 21 heavy (non-hydrogen) atoms. The SMILES string of the molecule is O=C(COc1cccc2c1CCCC2)Nc1cccnc1. The number of rotatable bonds is 4. The van der Waals surface area contributed by atoms with Gasteiger partial charge in [0.25, 0.3) is 5.91 Å². The molecule has 0 bridgehead atoms. The number of amides is 1. The largest absolute Gasteiger partial charge is 0.483 e. The van der Waals surface area contributed by atoms with Crippen molar-refractivity contribution in [1.29, 1.82) is 0 Å². The summed E-state index contributed by atoms with van der Waals surface area (Å²) in [4.78, 5) is 15.8. The maximum Gasteiger partial charge on any atom is 0.262 e. The Morgan fingerprint density at radius 3 is 2.95 bits per heavy atom. The molecule has 1 aliphatic rings. The molecule has 2 aromatic rings. The van der Waals surface area contributed by atoms with Crippen molar-refractivity contribution in [2.45, 2.75) is 25.7 Å². The molecule has 4 heteroatoms. The molecule has 1 amide bonds. The highest BCUT2D eigenvalue weighted by atomic mass is 16.5. The molecule has 0 aliphatic heterocycles. The van der Waals surface area contributed by atoms with E-state index in [4.69, 9.17) is 4.74 Å². The van der Waals surface area contributed by atoms with Gasteiger partial charge in [0, 0.05) is 6.20 Å². The lowest BCUT2D eigenvalue weighted by Gasteiger charge is -2.19.